The molecule has 0 bridgehead atoms. The quantitative estimate of drug-likeness (QED) is 0.268. The molecule has 3 aromatic heterocycles. The van der Waals surface area contributed by atoms with Crippen LogP contribution < -0.4 is 0 Å². The fourth-order valence-corrected chi connectivity index (χ4v) is 3.01. The molecule has 0 saturated heterocycles. The van der Waals surface area contributed by atoms with Crippen LogP contribution in [0.5, 0.6) is 0 Å². The van der Waals surface area contributed by atoms with Crippen molar-refractivity contribution in [2.45, 2.75) is 6.61 Å². The number of nitrogens with zero attached hydrogens (tertiary/aromatic N) is 3. The first kappa shape index (κ1) is 17.6. The van der Waals surface area contributed by atoms with Crippen LogP contribution in [0.3, 0.4) is 0 Å². The average molecular weight is 397 g/mol. The number of hydrogen-bond donors (Lipinski definition) is 0. The lowest BCUT2D eigenvalue weighted by Crippen LogP contribution is -2.04. The Morgan fingerprint density at radius 3 is 2.68 bits per heavy atom. The molecule has 0 spiro atoms. The van der Waals surface area contributed by atoms with Crippen LogP contribution in [-0.2, 0) is 11.3 Å². The Kier molecular flexibility index (Phi) is 4.68. The Labute approximate surface area is 161 Å². The van der Waals surface area contributed by atoms with Crippen molar-refractivity contribution in [3.8, 4) is 22.7 Å². The van der Waals surface area contributed by atoms with Gasteiger partial charge in [-0.15, -0.1) is 0 Å². The first-order chi connectivity index (χ1) is 13.6. The minimum atomic E-state index is -0.691. The summed E-state index contributed by atoms with van der Waals surface area (Å²) in [6.07, 6.45) is 0. The number of benzene rings is 1. The predicted octanol–water partition coefficient (Wildman–Crippen LogP) is 4.32. The van der Waals surface area contributed by atoms with E-state index in [9.17, 15) is 14.9 Å². The van der Waals surface area contributed by atoms with E-state index in [1.165, 1.54) is 41.7 Å². The lowest BCUT2D eigenvalue weighted by atomic mass is 10.1. The van der Waals surface area contributed by atoms with Gasteiger partial charge >= 0.3 is 5.97 Å². The zero-order valence-electron chi connectivity index (χ0n) is 14.1. The lowest BCUT2D eigenvalue weighted by molar-refractivity contribution is -0.384. The fourth-order valence-electron chi connectivity index (χ4n) is 2.37. The van der Waals surface area contributed by atoms with E-state index in [-0.39, 0.29) is 23.9 Å². The van der Waals surface area contributed by atoms with Gasteiger partial charge in [0.05, 0.1) is 4.92 Å². The molecule has 9 nitrogen and oxygen atoms in total. The number of aromatic nitrogens is 2. The topological polar surface area (TPSA) is 122 Å². The second-order valence-electron chi connectivity index (χ2n) is 5.57. The van der Waals surface area contributed by atoms with E-state index in [0.717, 1.165) is 5.56 Å². The summed E-state index contributed by atoms with van der Waals surface area (Å²) in [4.78, 5) is 26.5. The standard InChI is InChI=1S/C18H11N3O6S/c22-18(25-9-16-19-17(20-27-16)12-7-8-28-10-12)15-6-5-14(26-15)11-1-3-13(4-2-11)21(23)24/h1-8,10H,9H2. The number of carbonyl (C=O) groups excluding carboxylic acids is 1. The summed E-state index contributed by atoms with van der Waals surface area (Å²) < 4.78 is 15.7. The van der Waals surface area contributed by atoms with Crippen molar-refractivity contribution in [3.05, 3.63) is 75.0 Å². The van der Waals surface area contributed by atoms with Gasteiger partial charge in [-0.1, -0.05) is 5.16 Å². The normalized spacial score (nSPS) is 10.7. The number of rotatable bonds is 6. The van der Waals surface area contributed by atoms with Crippen LogP contribution in [0.15, 0.2) is 62.2 Å². The van der Waals surface area contributed by atoms with Crippen molar-refractivity contribution >= 4 is 23.0 Å². The molecule has 0 aliphatic carbocycles. The predicted molar refractivity (Wildman–Crippen MR) is 97.5 cm³/mol. The number of thiophene rings is 1. The van der Waals surface area contributed by atoms with Gasteiger partial charge < -0.3 is 13.7 Å². The molecule has 0 N–H and O–H groups in total. The molecule has 4 rings (SSSR count). The smallest absolute Gasteiger partial charge is 0.374 e. The number of hydrogen-bond acceptors (Lipinski definition) is 9. The van der Waals surface area contributed by atoms with E-state index in [2.05, 4.69) is 10.1 Å². The van der Waals surface area contributed by atoms with Crippen molar-refractivity contribution in [2.75, 3.05) is 0 Å². The zero-order valence-corrected chi connectivity index (χ0v) is 14.9. The van der Waals surface area contributed by atoms with Crippen LogP contribution in [0.1, 0.15) is 16.4 Å². The van der Waals surface area contributed by atoms with E-state index < -0.39 is 10.9 Å². The van der Waals surface area contributed by atoms with Crippen molar-refractivity contribution in [2.24, 2.45) is 0 Å². The van der Waals surface area contributed by atoms with Crippen LogP contribution in [0.25, 0.3) is 22.7 Å². The molecule has 0 radical (unpaired) electrons. The minimum absolute atomic E-state index is 0.00840. The van der Waals surface area contributed by atoms with Gasteiger partial charge in [-0.3, -0.25) is 10.1 Å². The van der Waals surface area contributed by atoms with E-state index in [4.69, 9.17) is 13.7 Å². The van der Waals surface area contributed by atoms with E-state index in [0.29, 0.717) is 17.1 Å². The number of nitro benzene ring substituents is 1. The molecule has 0 fully saturated rings. The third-order valence-electron chi connectivity index (χ3n) is 3.74. The van der Waals surface area contributed by atoms with Crippen LogP contribution in [-0.4, -0.2) is 21.0 Å². The van der Waals surface area contributed by atoms with Gasteiger partial charge in [0.25, 0.3) is 11.6 Å². The highest BCUT2D eigenvalue weighted by molar-refractivity contribution is 7.08. The van der Waals surface area contributed by atoms with E-state index >= 15 is 0 Å². The van der Waals surface area contributed by atoms with Crippen molar-refractivity contribution < 1.29 is 23.4 Å². The zero-order chi connectivity index (χ0) is 19.5. The highest BCUT2D eigenvalue weighted by Gasteiger charge is 2.17. The number of ether oxygens (including phenoxy) is 1. The summed E-state index contributed by atoms with van der Waals surface area (Å²) in [6, 6.07) is 10.7. The van der Waals surface area contributed by atoms with Crippen molar-refractivity contribution in [1.82, 2.24) is 10.1 Å². The molecule has 0 atom stereocenters. The second-order valence-corrected chi connectivity index (χ2v) is 6.35. The molecule has 10 heteroatoms. The van der Waals surface area contributed by atoms with E-state index in [1.54, 1.807) is 6.07 Å². The average Bonchev–Trinajstić information content (AvgIpc) is 3.47. The lowest BCUT2D eigenvalue weighted by Gasteiger charge is -1.99. The third kappa shape index (κ3) is 3.67. The van der Waals surface area contributed by atoms with Gasteiger partial charge in [0.15, 0.2) is 6.61 Å². The number of carbonyl (C=O) groups is 1. The Morgan fingerprint density at radius 1 is 1.14 bits per heavy atom. The van der Waals surface area contributed by atoms with Crippen LogP contribution in [0.4, 0.5) is 5.69 Å². The van der Waals surface area contributed by atoms with Gasteiger partial charge in [0, 0.05) is 28.6 Å². The summed E-state index contributed by atoms with van der Waals surface area (Å²) in [7, 11) is 0. The molecule has 0 aliphatic heterocycles. The molecular formula is C18H11N3O6S. The molecule has 4 aromatic rings. The Bertz CT molecular complexity index is 1110. The largest absolute Gasteiger partial charge is 0.450 e. The number of esters is 1. The van der Waals surface area contributed by atoms with Gasteiger partial charge in [0.2, 0.25) is 11.6 Å². The molecule has 3 heterocycles. The molecule has 140 valence electrons. The summed E-state index contributed by atoms with van der Waals surface area (Å²) >= 11 is 1.51. The van der Waals surface area contributed by atoms with Crippen LogP contribution >= 0.6 is 11.3 Å². The SMILES string of the molecule is O=C(OCc1nc(-c2ccsc2)no1)c1ccc(-c2ccc([N+](=O)[O-])cc2)o1. The highest BCUT2D eigenvalue weighted by atomic mass is 32.1. The number of nitro groups is 1. The molecule has 0 aliphatic rings. The molecule has 0 saturated carbocycles. The maximum atomic E-state index is 12.1. The van der Waals surface area contributed by atoms with E-state index in [1.807, 2.05) is 16.8 Å². The summed E-state index contributed by atoms with van der Waals surface area (Å²) in [6.45, 7) is -0.191. The van der Waals surface area contributed by atoms with Crippen LogP contribution in [0.2, 0.25) is 0 Å². The fraction of sp³-hybridized carbons (Fsp3) is 0.0556. The number of furan rings is 1. The number of non-ortho nitro benzene ring substituents is 1. The van der Waals surface area contributed by atoms with Crippen molar-refractivity contribution in [3.63, 3.8) is 0 Å². The van der Waals surface area contributed by atoms with Gasteiger partial charge in [-0.05, 0) is 35.7 Å². The Morgan fingerprint density at radius 2 is 1.96 bits per heavy atom. The highest BCUT2D eigenvalue weighted by Crippen LogP contribution is 2.25. The molecule has 28 heavy (non-hydrogen) atoms. The van der Waals surface area contributed by atoms with Gasteiger partial charge in [0.1, 0.15) is 5.76 Å². The first-order valence-corrected chi connectivity index (χ1v) is 8.91. The summed E-state index contributed by atoms with van der Waals surface area (Å²) in [5, 5.41) is 18.3. The maximum absolute atomic E-state index is 12.1. The van der Waals surface area contributed by atoms with Gasteiger partial charge in [-0.25, -0.2) is 4.79 Å². The molecular weight excluding hydrogens is 386 g/mol. The minimum Gasteiger partial charge on any atom is -0.450 e. The molecule has 0 amide bonds. The van der Waals surface area contributed by atoms with Crippen molar-refractivity contribution in [1.29, 1.82) is 0 Å². The molecule has 1 aromatic carbocycles. The van der Waals surface area contributed by atoms with Gasteiger partial charge in [-0.2, -0.15) is 16.3 Å². The Balaban J connectivity index is 1.40. The molecule has 0 unspecified atom stereocenters. The summed E-state index contributed by atoms with van der Waals surface area (Å²) in [5.41, 5.74) is 1.39. The van der Waals surface area contributed by atoms with Crippen LogP contribution in [0, 0.1) is 10.1 Å². The Hall–Kier alpha value is -3.79. The maximum Gasteiger partial charge on any atom is 0.374 e. The second kappa shape index (κ2) is 7.45. The summed E-state index contributed by atoms with van der Waals surface area (Å²) in [5.74, 6) is 0.274. The third-order valence-corrected chi connectivity index (χ3v) is 4.43. The monoisotopic (exact) mass is 397 g/mol. The first-order valence-electron chi connectivity index (χ1n) is 7.97.